The minimum absolute atomic E-state index is 0.200. The first-order valence-corrected chi connectivity index (χ1v) is 8.57. The first kappa shape index (κ1) is 15.5. The van der Waals surface area contributed by atoms with Gasteiger partial charge in [-0.2, -0.15) is 0 Å². The van der Waals surface area contributed by atoms with Crippen LogP contribution in [0.3, 0.4) is 0 Å². The maximum atomic E-state index is 12.2. The molecular weight excluding hydrogens is 362 g/mol. The zero-order valence-electron chi connectivity index (χ0n) is 10.7. The lowest BCUT2D eigenvalue weighted by Gasteiger charge is -2.14. The Bertz CT molecular complexity index is 684. The van der Waals surface area contributed by atoms with Crippen molar-refractivity contribution in [2.24, 2.45) is 0 Å². The lowest BCUT2D eigenvalue weighted by molar-refractivity contribution is 0.567. The molecule has 0 aromatic heterocycles. The average molecular weight is 375 g/mol. The highest BCUT2D eigenvalue weighted by molar-refractivity contribution is 9.10. The number of rotatable bonds is 4. The molecule has 0 bridgehead atoms. The largest absolute Gasteiger partial charge is 0.241 e. The zero-order valence-corrected chi connectivity index (χ0v) is 13.8. The minimum Gasteiger partial charge on any atom is -0.207 e. The monoisotopic (exact) mass is 373 g/mol. The number of hydrogen-bond acceptors (Lipinski definition) is 2. The summed E-state index contributed by atoms with van der Waals surface area (Å²) in [7, 11) is -3.55. The van der Waals surface area contributed by atoms with Gasteiger partial charge in [-0.1, -0.05) is 39.7 Å². The molecule has 6 heteroatoms. The van der Waals surface area contributed by atoms with E-state index >= 15 is 0 Å². The van der Waals surface area contributed by atoms with Gasteiger partial charge in [0.2, 0.25) is 10.0 Å². The van der Waals surface area contributed by atoms with Gasteiger partial charge in [0.15, 0.2) is 0 Å². The Morgan fingerprint density at radius 1 is 1.05 bits per heavy atom. The molecule has 0 heterocycles. The van der Waals surface area contributed by atoms with Crippen LogP contribution in [0.1, 0.15) is 18.5 Å². The van der Waals surface area contributed by atoms with Gasteiger partial charge >= 0.3 is 0 Å². The van der Waals surface area contributed by atoms with Crippen molar-refractivity contribution in [2.45, 2.75) is 17.9 Å². The van der Waals surface area contributed by atoms with Crippen molar-refractivity contribution < 1.29 is 8.42 Å². The van der Waals surface area contributed by atoms with Crippen molar-refractivity contribution in [3.8, 4) is 0 Å². The number of sulfonamides is 1. The predicted octanol–water partition coefficient (Wildman–Crippen LogP) is 4.14. The molecule has 0 radical (unpaired) electrons. The van der Waals surface area contributed by atoms with Crippen molar-refractivity contribution in [1.29, 1.82) is 0 Å². The zero-order chi connectivity index (χ0) is 14.8. The first-order chi connectivity index (χ1) is 9.38. The summed E-state index contributed by atoms with van der Waals surface area (Å²) in [5, 5.41) is 0.505. The Balaban J connectivity index is 2.19. The SMILES string of the molecule is CC(NS(=O)(=O)c1ccc(Cl)cc1)c1ccc(Br)cc1. The molecule has 2 aromatic rings. The fourth-order valence-electron chi connectivity index (χ4n) is 1.73. The van der Waals surface area contributed by atoms with E-state index in [9.17, 15) is 8.42 Å². The van der Waals surface area contributed by atoms with Crippen LogP contribution in [0, 0.1) is 0 Å². The van der Waals surface area contributed by atoms with E-state index in [1.165, 1.54) is 12.1 Å². The second-order valence-electron chi connectivity index (χ2n) is 4.35. The number of benzene rings is 2. The Morgan fingerprint density at radius 2 is 1.60 bits per heavy atom. The van der Waals surface area contributed by atoms with E-state index < -0.39 is 10.0 Å². The van der Waals surface area contributed by atoms with Crippen LogP contribution in [-0.4, -0.2) is 8.42 Å². The third-order valence-electron chi connectivity index (χ3n) is 2.83. The van der Waals surface area contributed by atoms with Gasteiger partial charge in [0, 0.05) is 15.5 Å². The smallest absolute Gasteiger partial charge is 0.207 e. The topological polar surface area (TPSA) is 46.2 Å². The van der Waals surface area contributed by atoms with Gasteiger partial charge in [0.1, 0.15) is 0 Å². The van der Waals surface area contributed by atoms with Crippen LogP contribution in [0.15, 0.2) is 57.9 Å². The molecule has 1 unspecified atom stereocenters. The van der Waals surface area contributed by atoms with Gasteiger partial charge in [-0.05, 0) is 48.9 Å². The van der Waals surface area contributed by atoms with Gasteiger partial charge in [-0.15, -0.1) is 0 Å². The highest BCUT2D eigenvalue weighted by Crippen LogP contribution is 2.20. The summed E-state index contributed by atoms with van der Waals surface area (Å²) in [6, 6.07) is 13.3. The Kier molecular flexibility index (Phi) is 4.86. The maximum absolute atomic E-state index is 12.2. The summed E-state index contributed by atoms with van der Waals surface area (Å²) in [6.07, 6.45) is 0. The third-order valence-corrected chi connectivity index (χ3v) is 5.16. The van der Waals surface area contributed by atoms with Crippen molar-refractivity contribution in [2.75, 3.05) is 0 Å². The molecule has 20 heavy (non-hydrogen) atoms. The maximum Gasteiger partial charge on any atom is 0.241 e. The van der Waals surface area contributed by atoms with Crippen LogP contribution in [0.2, 0.25) is 5.02 Å². The molecule has 0 aliphatic heterocycles. The van der Waals surface area contributed by atoms with Crippen molar-refractivity contribution in [1.82, 2.24) is 4.72 Å². The second kappa shape index (κ2) is 6.26. The molecule has 1 N–H and O–H groups in total. The van der Waals surface area contributed by atoms with E-state index in [4.69, 9.17) is 11.6 Å². The van der Waals surface area contributed by atoms with E-state index in [0.29, 0.717) is 5.02 Å². The standard InChI is InChI=1S/C14H13BrClNO2S/c1-10(11-2-4-12(15)5-3-11)17-20(18,19)14-8-6-13(16)7-9-14/h2-10,17H,1H3. The second-order valence-corrected chi connectivity index (χ2v) is 7.41. The van der Waals surface area contributed by atoms with Crippen LogP contribution in [-0.2, 0) is 10.0 Å². The first-order valence-electron chi connectivity index (χ1n) is 5.92. The van der Waals surface area contributed by atoms with E-state index in [0.717, 1.165) is 10.0 Å². The van der Waals surface area contributed by atoms with E-state index in [-0.39, 0.29) is 10.9 Å². The Morgan fingerprint density at radius 3 is 2.15 bits per heavy atom. The molecule has 2 aromatic carbocycles. The summed E-state index contributed by atoms with van der Waals surface area (Å²) in [5.74, 6) is 0. The van der Waals surface area contributed by atoms with E-state index in [2.05, 4.69) is 20.7 Å². The fraction of sp³-hybridized carbons (Fsp3) is 0.143. The molecule has 1 atom stereocenters. The minimum atomic E-state index is -3.55. The van der Waals surface area contributed by atoms with Crippen LogP contribution in [0.25, 0.3) is 0 Å². The normalized spacial score (nSPS) is 13.2. The summed E-state index contributed by atoms with van der Waals surface area (Å²) in [5.41, 5.74) is 0.894. The lowest BCUT2D eigenvalue weighted by atomic mass is 10.1. The van der Waals surface area contributed by atoms with Gasteiger partial charge in [0.05, 0.1) is 4.90 Å². The summed E-state index contributed by atoms with van der Waals surface area (Å²) in [6.45, 7) is 1.80. The Labute approximate surface area is 132 Å². The van der Waals surface area contributed by atoms with Crippen LogP contribution in [0.4, 0.5) is 0 Å². The molecule has 0 fully saturated rings. The highest BCUT2D eigenvalue weighted by Gasteiger charge is 2.18. The number of nitrogens with one attached hydrogen (secondary N) is 1. The molecular formula is C14H13BrClNO2S. The van der Waals surface area contributed by atoms with Crippen LogP contribution < -0.4 is 4.72 Å². The molecule has 2 rings (SSSR count). The van der Waals surface area contributed by atoms with Crippen molar-refractivity contribution in [3.05, 3.63) is 63.6 Å². The van der Waals surface area contributed by atoms with Gasteiger partial charge in [0.25, 0.3) is 0 Å². The third kappa shape index (κ3) is 3.82. The van der Waals surface area contributed by atoms with E-state index in [1.54, 1.807) is 19.1 Å². The van der Waals surface area contributed by atoms with Crippen LogP contribution in [0.5, 0.6) is 0 Å². The summed E-state index contributed by atoms with van der Waals surface area (Å²) in [4.78, 5) is 0.200. The molecule has 0 spiro atoms. The Hall–Kier alpha value is -0.880. The molecule has 0 saturated heterocycles. The molecule has 3 nitrogen and oxygen atoms in total. The fourth-order valence-corrected chi connectivity index (χ4v) is 3.36. The summed E-state index contributed by atoms with van der Waals surface area (Å²) >= 11 is 9.11. The molecule has 0 saturated carbocycles. The van der Waals surface area contributed by atoms with E-state index in [1.807, 2.05) is 24.3 Å². The summed E-state index contributed by atoms with van der Waals surface area (Å²) < 4.78 is 28.1. The molecule has 106 valence electrons. The average Bonchev–Trinajstić information content (AvgIpc) is 2.39. The van der Waals surface area contributed by atoms with Gasteiger partial charge in [-0.25, -0.2) is 13.1 Å². The van der Waals surface area contributed by atoms with Gasteiger partial charge in [-0.3, -0.25) is 0 Å². The van der Waals surface area contributed by atoms with Crippen LogP contribution >= 0.6 is 27.5 Å². The molecule has 0 amide bonds. The number of hydrogen-bond donors (Lipinski definition) is 1. The van der Waals surface area contributed by atoms with Crippen molar-refractivity contribution in [3.63, 3.8) is 0 Å². The number of halogens is 2. The quantitative estimate of drug-likeness (QED) is 0.874. The molecule has 0 aliphatic carbocycles. The van der Waals surface area contributed by atoms with Crippen molar-refractivity contribution >= 4 is 37.6 Å². The lowest BCUT2D eigenvalue weighted by Crippen LogP contribution is -2.26. The predicted molar refractivity (Wildman–Crippen MR) is 84.3 cm³/mol. The molecule has 0 aliphatic rings. The van der Waals surface area contributed by atoms with Gasteiger partial charge < -0.3 is 0 Å². The highest BCUT2D eigenvalue weighted by atomic mass is 79.9.